The molecule has 0 saturated carbocycles. The van der Waals surface area contributed by atoms with Gasteiger partial charge in [0.05, 0.1) is 19.1 Å². The number of nitrogens with two attached hydrogens (primary N) is 1. The Morgan fingerprint density at radius 2 is 2.08 bits per heavy atom. The maximum Gasteiger partial charge on any atom is 0.251 e. The first-order chi connectivity index (χ1) is 12.5. The normalized spacial score (nSPS) is 20.3. The molecule has 2 aromatic carbocycles. The lowest BCUT2D eigenvalue weighted by molar-refractivity contribution is 0.100. The molecular formula is C19H18BFN4O. The summed E-state index contributed by atoms with van der Waals surface area (Å²) in [6, 6.07) is 10.3. The Balaban J connectivity index is 1.72. The molecule has 1 saturated heterocycles. The first kappa shape index (κ1) is 16.8. The van der Waals surface area contributed by atoms with Crippen LogP contribution in [0.1, 0.15) is 28.8 Å². The molecule has 5 nitrogen and oxygen atoms in total. The quantitative estimate of drug-likeness (QED) is 0.712. The molecule has 26 heavy (non-hydrogen) atoms. The van der Waals surface area contributed by atoms with Crippen LogP contribution in [0.2, 0.25) is 0 Å². The van der Waals surface area contributed by atoms with Crippen LogP contribution in [-0.2, 0) is 5.31 Å². The van der Waals surface area contributed by atoms with Gasteiger partial charge in [-0.2, -0.15) is 5.10 Å². The summed E-state index contributed by atoms with van der Waals surface area (Å²) >= 11 is 0. The van der Waals surface area contributed by atoms with E-state index in [-0.39, 0.29) is 10.9 Å². The zero-order valence-electron chi connectivity index (χ0n) is 14.2. The second-order valence-electron chi connectivity index (χ2n) is 6.81. The third-order valence-corrected chi connectivity index (χ3v) is 4.96. The number of nitrogens with one attached hydrogen (secondary N) is 1. The standard InChI is InChI=1S/C19H18BFN4O/c20-19(6-1-7-23-11-19)13-2-4-15(5-3-13)25-10-12-8-14(21)9-16(18(22)26)17(12)24-25/h2-5,8-10,23H,1,6-7,11H2,(H2,22,26)/t19-/m1/s1. The van der Waals surface area contributed by atoms with Gasteiger partial charge in [0, 0.05) is 11.6 Å². The molecule has 4 rings (SSSR count). The number of nitrogens with zero attached hydrogens (tertiary/aromatic N) is 2. The number of halogens is 1. The molecule has 0 unspecified atom stereocenters. The summed E-state index contributed by atoms with van der Waals surface area (Å²) in [7, 11) is 6.52. The molecular weight excluding hydrogens is 330 g/mol. The van der Waals surface area contributed by atoms with Crippen molar-refractivity contribution >= 4 is 24.7 Å². The Morgan fingerprint density at radius 1 is 1.31 bits per heavy atom. The lowest BCUT2D eigenvalue weighted by Crippen LogP contribution is -2.43. The summed E-state index contributed by atoms with van der Waals surface area (Å²) in [5, 5.41) is 7.90. The number of aromatic nitrogens is 2. The van der Waals surface area contributed by atoms with Gasteiger partial charge >= 0.3 is 0 Å². The van der Waals surface area contributed by atoms with Crippen molar-refractivity contribution in [3.05, 3.63) is 59.5 Å². The number of primary amides is 1. The van der Waals surface area contributed by atoms with E-state index in [9.17, 15) is 9.18 Å². The monoisotopic (exact) mass is 348 g/mol. The average molecular weight is 348 g/mol. The van der Waals surface area contributed by atoms with Gasteiger partial charge in [0.25, 0.3) is 5.91 Å². The number of rotatable bonds is 3. The number of hydrogen-bond acceptors (Lipinski definition) is 3. The summed E-state index contributed by atoms with van der Waals surface area (Å²) in [6.45, 7) is 1.74. The fraction of sp³-hybridized carbons (Fsp3) is 0.263. The second-order valence-corrected chi connectivity index (χ2v) is 6.81. The Hall–Kier alpha value is -2.67. The van der Waals surface area contributed by atoms with E-state index >= 15 is 0 Å². The maximum absolute atomic E-state index is 13.7. The zero-order valence-corrected chi connectivity index (χ0v) is 14.2. The summed E-state index contributed by atoms with van der Waals surface area (Å²) in [4.78, 5) is 11.6. The van der Waals surface area contributed by atoms with E-state index in [1.807, 2.05) is 24.3 Å². The van der Waals surface area contributed by atoms with Gasteiger partial charge in [-0.1, -0.05) is 12.1 Å². The minimum Gasteiger partial charge on any atom is -0.366 e. The Kier molecular flexibility index (Phi) is 4.03. The van der Waals surface area contributed by atoms with E-state index in [0.29, 0.717) is 10.9 Å². The van der Waals surface area contributed by atoms with Crippen molar-refractivity contribution < 1.29 is 9.18 Å². The lowest BCUT2D eigenvalue weighted by Gasteiger charge is -2.35. The highest BCUT2D eigenvalue weighted by molar-refractivity contribution is 6.16. The smallest absolute Gasteiger partial charge is 0.251 e. The second kappa shape index (κ2) is 6.25. The number of piperidine rings is 1. The SMILES string of the molecule is [B][C@]1(c2ccc(-n3cc4cc(F)cc(C(N)=O)c4n3)cc2)CCCNC1. The number of carbonyl (C=O) groups excluding carboxylic acids is 1. The molecule has 2 radical (unpaired) electrons. The van der Waals surface area contributed by atoms with E-state index in [1.54, 1.807) is 10.9 Å². The van der Waals surface area contributed by atoms with Crippen molar-refractivity contribution in [2.24, 2.45) is 5.73 Å². The van der Waals surface area contributed by atoms with Gasteiger partial charge in [0.2, 0.25) is 0 Å². The first-order valence-corrected chi connectivity index (χ1v) is 8.55. The van der Waals surface area contributed by atoms with Gasteiger partial charge in [0.1, 0.15) is 11.3 Å². The number of carbonyl (C=O) groups is 1. The van der Waals surface area contributed by atoms with Crippen molar-refractivity contribution in [3.63, 3.8) is 0 Å². The molecule has 7 heteroatoms. The largest absolute Gasteiger partial charge is 0.366 e. The van der Waals surface area contributed by atoms with E-state index < -0.39 is 11.7 Å². The number of benzene rings is 2. The zero-order chi connectivity index (χ0) is 18.3. The van der Waals surface area contributed by atoms with E-state index in [4.69, 9.17) is 13.6 Å². The van der Waals surface area contributed by atoms with Crippen LogP contribution in [0.5, 0.6) is 0 Å². The van der Waals surface area contributed by atoms with Crippen LogP contribution in [-0.4, -0.2) is 36.6 Å². The number of amides is 1. The molecule has 3 aromatic rings. The van der Waals surface area contributed by atoms with Crippen LogP contribution in [0.15, 0.2) is 42.6 Å². The average Bonchev–Trinajstić information content (AvgIpc) is 3.05. The van der Waals surface area contributed by atoms with Crippen LogP contribution < -0.4 is 11.1 Å². The van der Waals surface area contributed by atoms with Crippen molar-refractivity contribution in [2.75, 3.05) is 13.1 Å². The molecule has 1 aliphatic heterocycles. The van der Waals surface area contributed by atoms with Gasteiger partial charge in [0.15, 0.2) is 0 Å². The highest BCUT2D eigenvalue weighted by Crippen LogP contribution is 2.29. The lowest BCUT2D eigenvalue weighted by atomic mass is 9.60. The van der Waals surface area contributed by atoms with Crippen molar-refractivity contribution in [3.8, 4) is 5.69 Å². The number of fused-ring (bicyclic) bond motifs is 1. The summed E-state index contributed by atoms with van der Waals surface area (Å²) in [6.07, 6.45) is 3.66. The van der Waals surface area contributed by atoms with Gasteiger partial charge in [-0.3, -0.25) is 4.79 Å². The molecule has 0 bridgehead atoms. The molecule has 1 amide bonds. The highest BCUT2D eigenvalue weighted by Gasteiger charge is 2.27. The van der Waals surface area contributed by atoms with Crippen molar-refractivity contribution in [1.82, 2.24) is 15.1 Å². The maximum atomic E-state index is 13.7. The van der Waals surface area contributed by atoms with Crippen LogP contribution >= 0.6 is 0 Å². The number of hydrogen-bond donors (Lipinski definition) is 2. The molecule has 1 fully saturated rings. The van der Waals surface area contributed by atoms with Gasteiger partial charge < -0.3 is 11.1 Å². The third-order valence-electron chi connectivity index (χ3n) is 4.96. The predicted molar refractivity (Wildman–Crippen MR) is 99.1 cm³/mol. The van der Waals surface area contributed by atoms with E-state index in [2.05, 4.69) is 10.4 Å². The molecule has 130 valence electrons. The predicted octanol–water partition coefficient (Wildman–Crippen LogP) is 2.01. The summed E-state index contributed by atoms with van der Waals surface area (Å²) < 4.78 is 15.3. The van der Waals surface area contributed by atoms with Crippen LogP contribution in [0.3, 0.4) is 0 Å². The minimum absolute atomic E-state index is 0.0737. The molecule has 1 aromatic heterocycles. The van der Waals surface area contributed by atoms with Gasteiger partial charge in [-0.15, -0.1) is 0 Å². The first-order valence-electron chi connectivity index (χ1n) is 8.55. The van der Waals surface area contributed by atoms with E-state index in [0.717, 1.165) is 43.2 Å². The molecule has 2 heterocycles. The van der Waals surface area contributed by atoms with Gasteiger partial charge in [-0.25, -0.2) is 9.07 Å². The Labute approximate surface area is 151 Å². The van der Waals surface area contributed by atoms with Gasteiger partial charge in [-0.05, 0) is 61.1 Å². The molecule has 0 spiro atoms. The van der Waals surface area contributed by atoms with E-state index in [1.165, 1.54) is 6.07 Å². The Bertz CT molecular complexity index is 977. The molecule has 3 N–H and O–H groups in total. The minimum atomic E-state index is -0.704. The molecule has 0 aliphatic carbocycles. The van der Waals surface area contributed by atoms with Crippen LogP contribution in [0.25, 0.3) is 16.6 Å². The summed E-state index contributed by atoms with van der Waals surface area (Å²) in [5.74, 6) is -1.22. The van der Waals surface area contributed by atoms with Crippen LogP contribution in [0, 0.1) is 5.82 Å². The highest BCUT2D eigenvalue weighted by atomic mass is 19.1. The van der Waals surface area contributed by atoms with Crippen molar-refractivity contribution in [1.29, 1.82) is 0 Å². The molecule has 1 aliphatic rings. The topological polar surface area (TPSA) is 72.9 Å². The van der Waals surface area contributed by atoms with Crippen LogP contribution in [0.4, 0.5) is 4.39 Å². The summed E-state index contributed by atoms with van der Waals surface area (Å²) in [5.41, 5.74) is 7.66. The third kappa shape index (κ3) is 2.88. The molecule has 1 atom stereocenters. The fourth-order valence-electron chi connectivity index (χ4n) is 3.54. The fourth-order valence-corrected chi connectivity index (χ4v) is 3.54. The Morgan fingerprint density at radius 3 is 2.73 bits per heavy atom. The van der Waals surface area contributed by atoms with Crippen molar-refractivity contribution in [2.45, 2.75) is 18.2 Å².